The van der Waals surface area contributed by atoms with Gasteiger partial charge in [0, 0.05) is 45.2 Å². The maximum Gasteiger partial charge on any atom is 0.193 e. The van der Waals surface area contributed by atoms with Crippen LogP contribution in [0.3, 0.4) is 0 Å². The standard InChI is InChI=1S/C23H36N4O2/c1-24-22(27-13-9-23(17-27)10-14-29-18-23)25-15-19-7-11-26(12-8-19)16-20-3-5-21(28-2)6-4-20/h3-6,19H,7-18H2,1-2H3,(H,24,25). The number of nitrogens with zero attached hydrogens (tertiary/aromatic N) is 3. The van der Waals surface area contributed by atoms with Crippen LogP contribution in [-0.4, -0.2) is 75.9 Å². The van der Waals surface area contributed by atoms with Gasteiger partial charge < -0.3 is 19.7 Å². The van der Waals surface area contributed by atoms with E-state index < -0.39 is 0 Å². The fourth-order valence-corrected chi connectivity index (χ4v) is 4.99. The minimum Gasteiger partial charge on any atom is -0.497 e. The largest absolute Gasteiger partial charge is 0.497 e. The number of hydrogen-bond donors (Lipinski definition) is 1. The minimum atomic E-state index is 0.379. The smallest absolute Gasteiger partial charge is 0.193 e. The van der Waals surface area contributed by atoms with Crippen LogP contribution in [0.15, 0.2) is 29.3 Å². The van der Waals surface area contributed by atoms with E-state index in [1.165, 1.54) is 44.3 Å². The van der Waals surface area contributed by atoms with Crippen molar-refractivity contribution < 1.29 is 9.47 Å². The predicted molar refractivity (Wildman–Crippen MR) is 116 cm³/mol. The SMILES string of the molecule is CN=C(NCC1CCN(Cc2ccc(OC)cc2)CC1)N1CCC2(CCOC2)C1. The van der Waals surface area contributed by atoms with Crippen molar-refractivity contribution in [2.24, 2.45) is 16.3 Å². The third-order valence-electron chi connectivity index (χ3n) is 6.96. The van der Waals surface area contributed by atoms with Gasteiger partial charge in [0.2, 0.25) is 0 Å². The fraction of sp³-hybridized carbons (Fsp3) is 0.696. The van der Waals surface area contributed by atoms with Crippen LogP contribution in [-0.2, 0) is 11.3 Å². The molecule has 1 spiro atoms. The molecule has 0 radical (unpaired) electrons. The molecule has 160 valence electrons. The van der Waals surface area contributed by atoms with Gasteiger partial charge in [-0.15, -0.1) is 0 Å². The van der Waals surface area contributed by atoms with Gasteiger partial charge in [0.25, 0.3) is 0 Å². The van der Waals surface area contributed by atoms with Crippen LogP contribution < -0.4 is 10.1 Å². The fourth-order valence-electron chi connectivity index (χ4n) is 4.99. The monoisotopic (exact) mass is 400 g/mol. The molecule has 3 aliphatic heterocycles. The van der Waals surface area contributed by atoms with Gasteiger partial charge >= 0.3 is 0 Å². The lowest BCUT2D eigenvalue weighted by atomic mass is 9.87. The van der Waals surface area contributed by atoms with E-state index in [0.29, 0.717) is 5.41 Å². The summed E-state index contributed by atoms with van der Waals surface area (Å²) in [6, 6.07) is 8.46. The zero-order valence-electron chi connectivity index (χ0n) is 18.0. The Labute approximate surface area is 175 Å². The number of benzene rings is 1. The summed E-state index contributed by atoms with van der Waals surface area (Å²) in [5, 5.41) is 3.67. The zero-order chi connectivity index (χ0) is 20.1. The lowest BCUT2D eigenvalue weighted by molar-refractivity contribution is 0.156. The number of hydrogen-bond acceptors (Lipinski definition) is 4. The highest BCUT2D eigenvalue weighted by molar-refractivity contribution is 5.80. The molecular formula is C23H36N4O2. The number of nitrogens with one attached hydrogen (secondary N) is 1. The van der Waals surface area contributed by atoms with Gasteiger partial charge in [-0.25, -0.2) is 0 Å². The molecule has 4 rings (SSSR count). The van der Waals surface area contributed by atoms with E-state index in [9.17, 15) is 0 Å². The maximum atomic E-state index is 5.67. The van der Waals surface area contributed by atoms with E-state index in [4.69, 9.17) is 9.47 Å². The number of methoxy groups -OCH3 is 1. The van der Waals surface area contributed by atoms with Crippen molar-refractivity contribution in [3.8, 4) is 5.75 Å². The van der Waals surface area contributed by atoms with Gasteiger partial charge in [0.05, 0.1) is 13.7 Å². The first-order chi connectivity index (χ1) is 14.2. The second-order valence-electron chi connectivity index (χ2n) is 8.97. The van der Waals surface area contributed by atoms with Crippen molar-refractivity contribution in [3.05, 3.63) is 29.8 Å². The second-order valence-corrected chi connectivity index (χ2v) is 8.97. The molecule has 0 amide bonds. The van der Waals surface area contributed by atoms with Crippen LogP contribution in [0, 0.1) is 11.3 Å². The maximum absolute atomic E-state index is 5.67. The molecule has 0 saturated carbocycles. The number of ether oxygens (including phenoxy) is 2. The number of piperidine rings is 1. The number of guanidine groups is 1. The number of rotatable bonds is 5. The summed E-state index contributed by atoms with van der Waals surface area (Å²) in [4.78, 5) is 9.57. The first-order valence-electron chi connectivity index (χ1n) is 11.1. The average molecular weight is 401 g/mol. The van der Waals surface area contributed by atoms with Gasteiger partial charge in [0.1, 0.15) is 5.75 Å². The summed E-state index contributed by atoms with van der Waals surface area (Å²) in [6.45, 7) is 8.44. The molecule has 1 aromatic carbocycles. The Morgan fingerprint density at radius 3 is 2.66 bits per heavy atom. The molecule has 3 fully saturated rings. The average Bonchev–Trinajstić information content (AvgIpc) is 3.40. The molecule has 1 aromatic rings. The Kier molecular flexibility index (Phi) is 6.60. The van der Waals surface area contributed by atoms with E-state index in [2.05, 4.69) is 44.4 Å². The third kappa shape index (κ3) is 5.04. The summed E-state index contributed by atoms with van der Waals surface area (Å²) in [5.74, 6) is 2.73. The highest BCUT2D eigenvalue weighted by Gasteiger charge is 2.42. The van der Waals surface area contributed by atoms with Crippen LogP contribution >= 0.6 is 0 Å². The second kappa shape index (κ2) is 9.35. The first-order valence-corrected chi connectivity index (χ1v) is 11.1. The zero-order valence-corrected chi connectivity index (χ0v) is 18.0. The van der Waals surface area contributed by atoms with Gasteiger partial charge in [-0.3, -0.25) is 9.89 Å². The van der Waals surface area contributed by atoms with Gasteiger partial charge in [0.15, 0.2) is 5.96 Å². The highest BCUT2D eigenvalue weighted by Crippen LogP contribution is 2.38. The Hall–Kier alpha value is -1.79. The molecular weight excluding hydrogens is 364 g/mol. The van der Waals surface area contributed by atoms with Crippen LogP contribution in [0.25, 0.3) is 0 Å². The van der Waals surface area contributed by atoms with Gasteiger partial charge in [-0.2, -0.15) is 0 Å². The summed E-state index contributed by atoms with van der Waals surface area (Å²) in [5.41, 5.74) is 1.74. The van der Waals surface area contributed by atoms with Crippen LogP contribution in [0.4, 0.5) is 0 Å². The van der Waals surface area contributed by atoms with Crippen molar-refractivity contribution in [3.63, 3.8) is 0 Å². The summed E-state index contributed by atoms with van der Waals surface area (Å²) in [7, 11) is 3.63. The van der Waals surface area contributed by atoms with Crippen molar-refractivity contribution >= 4 is 5.96 Å². The van der Waals surface area contributed by atoms with Gasteiger partial charge in [-0.05, 0) is 62.4 Å². The van der Waals surface area contributed by atoms with Crippen molar-refractivity contribution in [1.29, 1.82) is 0 Å². The van der Waals surface area contributed by atoms with Crippen LogP contribution in [0.1, 0.15) is 31.2 Å². The molecule has 1 N–H and O–H groups in total. The van der Waals surface area contributed by atoms with E-state index >= 15 is 0 Å². The molecule has 3 aliphatic rings. The first kappa shape index (κ1) is 20.5. The molecule has 1 atom stereocenters. The van der Waals surface area contributed by atoms with E-state index in [1.54, 1.807) is 7.11 Å². The van der Waals surface area contributed by atoms with E-state index in [-0.39, 0.29) is 0 Å². The lowest BCUT2D eigenvalue weighted by Gasteiger charge is -2.33. The molecule has 6 nitrogen and oxygen atoms in total. The van der Waals surface area contributed by atoms with Crippen molar-refractivity contribution in [1.82, 2.24) is 15.1 Å². The van der Waals surface area contributed by atoms with E-state index in [0.717, 1.165) is 57.0 Å². The summed E-state index contributed by atoms with van der Waals surface area (Å²) < 4.78 is 10.9. The minimum absolute atomic E-state index is 0.379. The van der Waals surface area contributed by atoms with Gasteiger partial charge in [-0.1, -0.05) is 12.1 Å². The summed E-state index contributed by atoms with van der Waals surface area (Å²) >= 11 is 0. The molecule has 0 bridgehead atoms. The molecule has 29 heavy (non-hydrogen) atoms. The Balaban J connectivity index is 1.19. The van der Waals surface area contributed by atoms with E-state index in [1.807, 2.05) is 7.05 Å². The molecule has 3 heterocycles. The third-order valence-corrected chi connectivity index (χ3v) is 6.96. The molecule has 3 saturated heterocycles. The molecule has 6 heteroatoms. The molecule has 0 aromatic heterocycles. The number of aliphatic imine (C=N–C) groups is 1. The lowest BCUT2D eigenvalue weighted by Crippen LogP contribution is -2.44. The molecule has 1 unspecified atom stereocenters. The Morgan fingerprint density at radius 1 is 1.21 bits per heavy atom. The normalized spacial score (nSPS) is 26.4. The number of likely N-dealkylation sites (tertiary alicyclic amines) is 2. The van der Waals surface area contributed by atoms with Crippen LogP contribution in [0.5, 0.6) is 5.75 Å². The Bertz CT molecular complexity index is 677. The highest BCUT2D eigenvalue weighted by atomic mass is 16.5. The molecule has 0 aliphatic carbocycles. The summed E-state index contributed by atoms with van der Waals surface area (Å²) in [6.07, 6.45) is 4.93. The van der Waals surface area contributed by atoms with Crippen molar-refractivity contribution in [2.75, 3.05) is 60.1 Å². The van der Waals surface area contributed by atoms with Crippen LogP contribution in [0.2, 0.25) is 0 Å². The van der Waals surface area contributed by atoms with Crippen molar-refractivity contribution in [2.45, 2.75) is 32.2 Å². The quantitative estimate of drug-likeness (QED) is 0.608. The Morgan fingerprint density at radius 2 is 2.00 bits per heavy atom. The predicted octanol–water partition coefficient (Wildman–Crippen LogP) is 2.60. The topological polar surface area (TPSA) is 49.3 Å².